The Labute approximate surface area is 174 Å². The number of amidine groups is 1. The largest absolute Gasteiger partial charge is 0.340 e. The molecule has 4 nitrogen and oxygen atoms in total. The second kappa shape index (κ2) is 7.86. The van der Waals surface area contributed by atoms with Gasteiger partial charge in [-0.15, -0.1) is 0 Å². The van der Waals surface area contributed by atoms with E-state index in [1.807, 2.05) is 37.3 Å². The Balaban J connectivity index is 1.76. The number of para-hydroxylation sites is 1. The summed E-state index contributed by atoms with van der Waals surface area (Å²) in [5.74, 6) is -0.00213. The van der Waals surface area contributed by atoms with Crippen molar-refractivity contribution >= 4 is 51.9 Å². The normalized spacial score (nSPS) is 20.2. The minimum Gasteiger partial charge on any atom is -0.340 e. The second-order valence-electron chi connectivity index (χ2n) is 6.37. The highest BCUT2D eigenvalue weighted by Gasteiger charge is 2.36. The van der Waals surface area contributed by atoms with Crippen LogP contribution in [0.3, 0.4) is 0 Å². The maximum atomic E-state index is 13.1. The number of aliphatic imine (C=N–C) groups is 1. The standard InChI is InChI=1S/C22H20ClN3OS/c1-3-25-18-8-6-5-7-15(18)9-14-19(25)20-21(27)26(4-2)22(28-20)24-17-12-10-16(23)11-13-17/h5-14H,3-4H2,1-2H3. The number of benzene rings is 2. The van der Waals surface area contributed by atoms with Crippen LogP contribution >= 0.6 is 23.4 Å². The number of thioether (sulfide) groups is 1. The number of likely N-dealkylation sites (N-methyl/N-ethyl adjacent to an activating group) is 2. The third-order valence-corrected chi connectivity index (χ3v) is 6.05. The lowest BCUT2D eigenvalue weighted by Gasteiger charge is -2.30. The van der Waals surface area contributed by atoms with Crippen molar-refractivity contribution in [3.8, 4) is 0 Å². The van der Waals surface area contributed by atoms with E-state index < -0.39 is 0 Å². The van der Waals surface area contributed by atoms with E-state index in [1.54, 1.807) is 17.0 Å². The van der Waals surface area contributed by atoms with Gasteiger partial charge in [0.15, 0.2) is 5.17 Å². The van der Waals surface area contributed by atoms with Crippen LogP contribution in [0.1, 0.15) is 19.4 Å². The molecule has 0 radical (unpaired) electrons. The number of rotatable bonds is 3. The third kappa shape index (κ3) is 3.36. The van der Waals surface area contributed by atoms with Crippen LogP contribution in [0.25, 0.3) is 6.08 Å². The lowest BCUT2D eigenvalue weighted by Crippen LogP contribution is -2.30. The molecule has 0 aliphatic carbocycles. The minimum atomic E-state index is -0.00213. The third-order valence-electron chi connectivity index (χ3n) is 4.72. The molecular weight excluding hydrogens is 390 g/mol. The molecule has 0 saturated carbocycles. The smallest absolute Gasteiger partial charge is 0.268 e. The van der Waals surface area contributed by atoms with Gasteiger partial charge in [0.25, 0.3) is 5.91 Å². The molecule has 2 aromatic carbocycles. The molecule has 0 spiro atoms. The second-order valence-corrected chi connectivity index (χ2v) is 7.79. The Morgan fingerprint density at radius 2 is 1.68 bits per heavy atom. The van der Waals surface area contributed by atoms with Gasteiger partial charge in [0.2, 0.25) is 0 Å². The fraction of sp³-hybridized carbons (Fsp3) is 0.182. The van der Waals surface area contributed by atoms with Crippen LogP contribution in [-0.4, -0.2) is 29.1 Å². The summed E-state index contributed by atoms with van der Waals surface area (Å²) in [6.45, 7) is 5.42. The zero-order valence-corrected chi connectivity index (χ0v) is 17.3. The van der Waals surface area contributed by atoms with Crippen LogP contribution in [0.2, 0.25) is 5.02 Å². The quantitative estimate of drug-likeness (QED) is 0.611. The van der Waals surface area contributed by atoms with Gasteiger partial charge in [0, 0.05) is 23.8 Å². The summed E-state index contributed by atoms with van der Waals surface area (Å²) in [5, 5.41) is 1.36. The van der Waals surface area contributed by atoms with Crippen LogP contribution in [0.4, 0.5) is 11.4 Å². The highest BCUT2D eigenvalue weighted by atomic mass is 35.5. The van der Waals surface area contributed by atoms with Gasteiger partial charge in [-0.2, -0.15) is 0 Å². The first-order valence-corrected chi connectivity index (χ1v) is 10.4. The number of carbonyl (C=O) groups excluding carboxylic acids is 1. The fourth-order valence-corrected chi connectivity index (χ4v) is 4.61. The maximum Gasteiger partial charge on any atom is 0.268 e. The molecule has 1 saturated heterocycles. The van der Waals surface area contributed by atoms with Gasteiger partial charge < -0.3 is 4.90 Å². The van der Waals surface area contributed by atoms with E-state index in [2.05, 4.69) is 30.0 Å². The predicted octanol–water partition coefficient (Wildman–Crippen LogP) is 5.69. The minimum absolute atomic E-state index is 0.00213. The number of nitrogens with zero attached hydrogens (tertiary/aromatic N) is 3. The van der Waals surface area contributed by atoms with Crippen LogP contribution in [0, 0.1) is 0 Å². The van der Waals surface area contributed by atoms with Gasteiger partial charge in [0.05, 0.1) is 11.4 Å². The van der Waals surface area contributed by atoms with Crippen molar-refractivity contribution in [2.75, 3.05) is 18.0 Å². The fourth-order valence-electron chi connectivity index (χ4n) is 3.35. The number of allylic oxidation sites excluding steroid dienone is 1. The van der Waals surface area contributed by atoms with Crippen molar-refractivity contribution in [2.45, 2.75) is 13.8 Å². The highest BCUT2D eigenvalue weighted by Crippen LogP contribution is 2.40. The monoisotopic (exact) mass is 409 g/mol. The van der Waals surface area contributed by atoms with Crippen molar-refractivity contribution in [1.82, 2.24) is 4.90 Å². The summed E-state index contributed by atoms with van der Waals surface area (Å²) in [4.78, 5) is 22.5. The zero-order valence-electron chi connectivity index (χ0n) is 15.7. The zero-order chi connectivity index (χ0) is 19.7. The first-order chi connectivity index (χ1) is 13.6. The summed E-state index contributed by atoms with van der Waals surface area (Å²) >= 11 is 7.40. The number of halogens is 1. The highest BCUT2D eigenvalue weighted by molar-refractivity contribution is 8.18. The van der Waals surface area contributed by atoms with E-state index in [1.165, 1.54) is 11.8 Å². The molecule has 1 fully saturated rings. The van der Waals surface area contributed by atoms with Crippen molar-refractivity contribution in [3.63, 3.8) is 0 Å². The Hall–Kier alpha value is -2.50. The van der Waals surface area contributed by atoms with Crippen LogP contribution < -0.4 is 4.90 Å². The Morgan fingerprint density at radius 3 is 2.39 bits per heavy atom. The van der Waals surface area contributed by atoms with Gasteiger partial charge in [0.1, 0.15) is 4.91 Å². The molecule has 0 bridgehead atoms. The first-order valence-electron chi connectivity index (χ1n) is 9.25. The topological polar surface area (TPSA) is 35.9 Å². The summed E-state index contributed by atoms with van der Waals surface area (Å²) in [6, 6.07) is 15.6. The molecule has 2 aliphatic rings. The van der Waals surface area contributed by atoms with E-state index in [9.17, 15) is 4.79 Å². The van der Waals surface area contributed by atoms with Crippen LogP contribution in [0.5, 0.6) is 0 Å². The lowest BCUT2D eigenvalue weighted by atomic mass is 10.1. The lowest BCUT2D eigenvalue weighted by molar-refractivity contribution is -0.122. The molecule has 0 aromatic heterocycles. The number of hydrogen-bond acceptors (Lipinski definition) is 4. The number of fused-ring (bicyclic) bond motifs is 1. The molecule has 0 unspecified atom stereocenters. The summed E-state index contributed by atoms with van der Waals surface area (Å²) < 4.78 is 0. The molecule has 2 aliphatic heterocycles. The summed E-state index contributed by atoms with van der Waals surface area (Å²) in [7, 11) is 0. The van der Waals surface area contributed by atoms with Crippen molar-refractivity contribution in [2.24, 2.45) is 4.99 Å². The van der Waals surface area contributed by atoms with Crippen LogP contribution in [0.15, 0.2) is 70.2 Å². The number of anilines is 1. The van der Waals surface area contributed by atoms with E-state index in [0.717, 1.165) is 29.2 Å². The molecule has 2 heterocycles. The van der Waals surface area contributed by atoms with Gasteiger partial charge in [-0.05, 0) is 67.6 Å². The van der Waals surface area contributed by atoms with E-state index in [0.29, 0.717) is 21.6 Å². The molecule has 0 N–H and O–H groups in total. The Bertz CT molecular complexity index is 1010. The first kappa shape index (κ1) is 18.8. The molecule has 2 aromatic rings. The van der Waals surface area contributed by atoms with E-state index in [-0.39, 0.29) is 5.91 Å². The summed E-state index contributed by atoms with van der Waals surface area (Å²) in [6.07, 6.45) is 4.10. The average Bonchev–Trinajstić information content (AvgIpc) is 3.03. The predicted molar refractivity (Wildman–Crippen MR) is 119 cm³/mol. The molecule has 4 rings (SSSR count). The number of carbonyl (C=O) groups is 1. The summed E-state index contributed by atoms with van der Waals surface area (Å²) in [5.41, 5.74) is 3.98. The average molecular weight is 410 g/mol. The van der Waals surface area contributed by atoms with E-state index >= 15 is 0 Å². The molecule has 1 amide bonds. The van der Waals surface area contributed by atoms with Crippen molar-refractivity contribution in [3.05, 3.63) is 75.8 Å². The van der Waals surface area contributed by atoms with Gasteiger partial charge in [-0.25, -0.2) is 4.99 Å². The van der Waals surface area contributed by atoms with E-state index in [4.69, 9.17) is 16.6 Å². The van der Waals surface area contributed by atoms with Crippen LogP contribution in [-0.2, 0) is 4.79 Å². The van der Waals surface area contributed by atoms with Gasteiger partial charge in [-0.3, -0.25) is 9.69 Å². The van der Waals surface area contributed by atoms with Gasteiger partial charge >= 0.3 is 0 Å². The van der Waals surface area contributed by atoms with Crippen molar-refractivity contribution < 1.29 is 4.79 Å². The molecule has 0 atom stereocenters. The Morgan fingerprint density at radius 1 is 0.964 bits per heavy atom. The maximum absolute atomic E-state index is 13.1. The molecule has 142 valence electrons. The molecular formula is C22H20ClN3OS. The van der Waals surface area contributed by atoms with Crippen molar-refractivity contribution in [1.29, 1.82) is 0 Å². The molecule has 28 heavy (non-hydrogen) atoms. The SMILES string of the molecule is CCN1C(=O)C(=C2C=Cc3ccccc3N2CC)SC1=Nc1ccc(Cl)cc1. The Kier molecular flexibility index (Phi) is 5.29. The number of amides is 1. The van der Waals surface area contributed by atoms with Gasteiger partial charge in [-0.1, -0.05) is 35.9 Å². The number of hydrogen-bond donors (Lipinski definition) is 0. The molecule has 6 heteroatoms.